The first kappa shape index (κ1) is 21.6. The van der Waals surface area contributed by atoms with Gasteiger partial charge in [-0.15, -0.1) is 0 Å². The second-order valence-corrected chi connectivity index (χ2v) is 8.14. The molecule has 30 heavy (non-hydrogen) atoms. The molecule has 0 N–H and O–H groups in total. The Kier molecular flexibility index (Phi) is 6.91. The highest BCUT2D eigenvalue weighted by Crippen LogP contribution is 2.30. The van der Waals surface area contributed by atoms with Crippen molar-refractivity contribution in [3.05, 3.63) is 69.8 Å². The van der Waals surface area contributed by atoms with Crippen molar-refractivity contribution in [1.29, 1.82) is 0 Å². The number of fused-ring (bicyclic) bond motifs is 1. The number of non-ortho nitro benzene ring substituents is 1. The topological polar surface area (TPSA) is 79.6 Å². The fraction of sp³-hybridized carbons (Fsp3) is 0.273. The van der Waals surface area contributed by atoms with Crippen molar-refractivity contribution in [3.63, 3.8) is 0 Å². The van der Waals surface area contributed by atoms with Crippen LogP contribution in [0, 0.1) is 10.1 Å². The van der Waals surface area contributed by atoms with Crippen molar-refractivity contribution >= 4 is 44.4 Å². The van der Waals surface area contributed by atoms with E-state index in [1.807, 2.05) is 25.1 Å². The molecule has 3 rings (SSSR count). The minimum Gasteiger partial charge on any atom is -0.308 e. The number of hydrogen-bond donors (Lipinski definition) is 0. The Morgan fingerprint density at radius 2 is 1.90 bits per heavy atom. The second kappa shape index (κ2) is 9.60. The third-order valence-electron chi connectivity index (χ3n) is 4.64. The van der Waals surface area contributed by atoms with Gasteiger partial charge in [-0.05, 0) is 62.0 Å². The number of hydrogen-bond acceptors (Lipinski definition) is 6. The van der Waals surface area contributed by atoms with Crippen molar-refractivity contribution in [2.24, 2.45) is 0 Å². The Bertz CT molecular complexity index is 1070. The number of aromatic nitrogens is 1. The van der Waals surface area contributed by atoms with Gasteiger partial charge in [0.05, 0.1) is 15.1 Å². The number of rotatable bonds is 8. The van der Waals surface area contributed by atoms with E-state index in [2.05, 4.69) is 24.0 Å². The molecule has 0 radical (unpaired) electrons. The van der Waals surface area contributed by atoms with Crippen LogP contribution in [0.25, 0.3) is 16.3 Å². The van der Waals surface area contributed by atoms with Crippen LogP contribution in [0.2, 0.25) is 0 Å². The van der Waals surface area contributed by atoms with Crippen LogP contribution in [0.5, 0.6) is 0 Å². The van der Waals surface area contributed by atoms with Crippen molar-refractivity contribution in [2.75, 3.05) is 32.1 Å². The summed E-state index contributed by atoms with van der Waals surface area (Å²) in [5.41, 5.74) is 2.86. The summed E-state index contributed by atoms with van der Waals surface area (Å²) in [5, 5.41) is 11.4. The van der Waals surface area contributed by atoms with Crippen LogP contribution in [-0.4, -0.2) is 47.9 Å². The Labute approximate surface area is 179 Å². The van der Waals surface area contributed by atoms with Gasteiger partial charge in [-0.2, -0.15) is 0 Å². The van der Waals surface area contributed by atoms with E-state index in [0.29, 0.717) is 18.2 Å². The molecular formula is C22H24N4O3S. The summed E-state index contributed by atoms with van der Waals surface area (Å²) in [4.78, 5) is 31.7. The molecule has 156 valence electrons. The molecule has 0 saturated heterocycles. The number of carbonyl (C=O) groups is 1. The maximum absolute atomic E-state index is 13.0. The van der Waals surface area contributed by atoms with E-state index in [1.165, 1.54) is 35.1 Å². The smallest absolute Gasteiger partial charge is 0.269 e. The molecule has 3 aromatic rings. The zero-order valence-electron chi connectivity index (χ0n) is 17.2. The predicted molar refractivity (Wildman–Crippen MR) is 122 cm³/mol. The highest BCUT2D eigenvalue weighted by atomic mass is 32.1. The molecule has 0 spiro atoms. The second-order valence-electron chi connectivity index (χ2n) is 7.13. The molecule has 0 saturated carbocycles. The highest BCUT2D eigenvalue weighted by Gasteiger charge is 2.18. The lowest BCUT2D eigenvalue weighted by Crippen LogP contribution is -2.35. The number of benzene rings is 2. The fourth-order valence-corrected chi connectivity index (χ4v) is 3.92. The molecule has 1 heterocycles. The zero-order valence-corrected chi connectivity index (χ0v) is 18.1. The predicted octanol–water partition coefficient (Wildman–Crippen LogP) is 4.37. The van der Waals surface area contributed by atoms with Crippen molar-refractivity contribution in [3.8, 4) is 0 Å². The summed E-state index contributed by atoms with van der Waals surface area (Å²) in [6.45, 7) is 3.32. The van der Waals surface area contributed by atoms with E-state index in [-0.39, 0.29) is 11.6 Å². The Balaban J connectivity index is 1.85. The lowest BCUT2D eigenvalue weighted by Gasteiger charge is -2.20. The third-order valence-corrected chi connectivity index (χ3v) is 5.68. The number of nitro benzene ring substituents is 1. The van der Waals surface area contributed by atoms with Gasteiger partial charge in [-0.3, -0.25) is 19.8 Å². The van der Waals surface area contributed by atoms with Crippen molar-refractivity contribution in [1.82, 2.24) is 9.88 Å². The highest BCUT2D eigenvalue weighted by molar-refractivity contribution is 7.22. The summed E-state index contributed by atoms with van der Waals surface area (Å²) >= 11 is 1.51. The van der Waals surface area contributed by atoms with Crippen LogP contribution < -0.4 is 4.90 Å². The molecule has 0 aliphatic heterocycles. The van der Waals surface area contributed by atoms with Gasteiger partial charge >= 0.3 is 0 Å². The lowest BCUT2D eigenvalue weighted by atomic mass is 10.2. The first-order valence-corrected chi connectivity index (χ1v) is 10.5. The van der Waals surface area contributed by atoms with E-state index in [1.54, 1.807) is 23.1 Å². The number of carbonyl (C=O) groups excluding carboxylic acids is 1. The van der Waals surface area contributed by atoms with Gasteiger partial charge in [0.1, 0.15) is 0 Å². The first-order chi connectivity index (χ1) is 14.4. The van der Waals surface area contributed by atoms with Gasteiger partial charge in [0.2, 0.25) is 0 Å². The average Bonchev–Trinajstić information content (AvgIpc) is 3.15. The Morgan fingerprint density at radius 1 is 1.17 bits per heavy atom. The minimum atomic E-state index is -0.446. The molecule has 1 aromatic heterocycles. The normalized spacial score (nSPS) is 11.5. The standard InChI is InChI=1S/C22H24N4O3S/c1-4-16-7-11-19-20(15-16)30-22(23-19)25(14-13-24(2)3)21(27)12-8-17-5-9-18(10-6-17)26(28)29/h5-12,15H,4,13-14H2,1-3H3. The molecule has 0 atom stereocenters. The van der Waals surface area contributed by atoms with Crippen molar-refractivity contribution < 1.29 is 9.72 Å². The van der Waals surface area contributed by atoms with Gasteiger partial charge in [0, 0.05) is 31.3 Å². The maximum atomic E-state index is 13.0. The number of likely N-dealkylation sites (N-methyl/N-ethyl adjacent to an activating group) is 1. The molecule has 0 fully saturated rings. The summed E-state index contributed by atoms with van der Waals surface area (Å²) < 4.78 is 1.06. The van der Waals surface area contributed by atoms with Crippen LogP contribution in [0.4, 0.5) is 10.8 Å². The van der Waals surface area contributed by atoms with Gasteiger partial charge in [-0.25, -0.2) is 4.98 Å². The van der Waals surface area contributed by atoms with Crippen LogP contribution in [-0.2, 0) is 11.2 Å². The summed E-state index contributed by atoms with van der Waals surface area (Å²) in [5.74, 6) is -0.176. The number of nitrogens with zero attached hydrogens (tertiary/aromatic N) is 4. The van der Waals surface area contributed by atoms with Crippen LogP contribution in [0.3, 0.4) is 0 Å². The van der Waals surface area contributed by atoms with Crippen LogP contribution >= 0.6 is 11.3 Å². The first-order valence-electron chi connectivity index (χ1n) is 9.65. The van der Waals surface area contributed by atoms with Gasteiger partial charge < -0.3 is 4.90 Å². The Morgan fingerprint density at radius 3 is 2.53 bits per heavy atom. The molecule has 0 bridgehead atoms. The summed E-state index contributed by atoms with van der Waals surface area (Å²) in [7, 11) is 3.92. The molecule has 0 aliphatic rings. The van der Waals surface area contributed by atoms with Gasteiger partial charge in [0.15, 0.2) is 5.13 Å². The Hall–Kier alpha value is -3.10. The fourth-order valence-electron chi connectivity index (χ4n) is 2.86. The molecule has 0 aliphatic carbocycles. The van der Waals surface area contributed by atoms with E-state index in [4.69, 9.17) is 0 Å². The molecule has 8 heteroatoms. The number of thiazole rings is 1. The molecule has 0 unspecified atom stereocenters. The number of aryl methyl sites for hydroxylation is 1. The van der Waals surface area contributed by atoms with Gasteiger partial charge in [-0.1, -0.05) is 24.3 Å². The van der Waals surface area contributed by atoms with Crippen molar-refractivity contribution in [2.45, 2.75) is 13.3 Å². The summed E-state index contributed by atoms with van der Waals surface area (Å²) in [6.07, 6.45) is 4.10. The minimum absolute atomic E-state index is 0.0204. The monoisotopic (exact) mass is 424 g/mol. The summed E-state index contributed by atoms with van der Waals surface area (Å²) in [6, 6.07) is 12.3. The SMILES string of the molecule is CCc1ccc2nc(N(CCN(C)C)C(=O)C=Cc3ccc([N+](=O)[O-])cc3)sc2c1. The van der Waals surface area contributed by atoms with E-state index in [0.717, 1.165) is 22.2 Å². The quantitative estimate of drug-likeness (QED) is 0.305. The molecular weight excluding hydrogens is 400 g/mol. The van der Waals surface area contributed by atoms with Crippen LogP contribution in [0.15, 0.2) is 48.5 Å². The molecule has 7 nitrogen and oxygen atoms in total. The van der Waals surface area contributed by atoms with Crippen LogP contribution in [0.1, 0.15) is 18.1 Å². The molecule has 1 amide bonds. The van der Waals surface area contributed by atoms with E-state index < -0.39 is 4.92 Å². The van der Waals surface area contributed by atoms with Gasteiger partial charge in [0.25, 0.3) is 11.6 Å². The molecule has 2 aromatic carbocycles. The average molecular weight is 425 g/mol. The number of amides is 1. The van der Waals surface area contributed by atoms with E-state index in [9.17, 15) is 14.9 Å². The largest absolute Gasteiger partial charge is 0.308 e. The third kappa shape index (κ3) is 5.28. The number of anilines is 1. The number of nitro groups is 1. The lowest BCUT2D eigenvalue weighted by molar-refractivity contribution is -0.384. The van der Waals surface area contributed by atoms with E-state index >= 15 is 0 Å². The maximum Gasteiger partial charge on any atom is 0.269 e. The zero-order chi connectivity index (χ0) is 21.7.